The Morgan fingerprint density at radius 2 is 1.74 bits per heavy atom. The van der Waals surface area contributed by atoms with Crippen molar-refractivity contribution in [1.82, 2.24) is 0 Å². The molecular weight excluding hydrogens is 332 g/mol. The van der Waals surface area contributed by atoms with Gasteiger partial charge in [0.15, 0.2) is 11.6 Å². The Hall–Kier alpha value is -2.74. The lowest BCUT2D eigenvalue weighted by Crippen LogP contribution is -2.07. The summed E-state index contributed by atoms with van der Waals surface area (Å²) in [6, 6.07) is 11.9. The number of ketones is 2. The smallest absolute Gasteiger partial charge is 0.167 e. The van der Waals surface area contributed by atoms with E-state index in [9.17, 15) is 9.59 Å². The Labute approximate surface area is 161 Å². The van der Waals surface area contributed by atoms with Crippen LogP contribution in [0.3, 0.4) is 0 Å². The lowest BCUT2D eigenvalue weighted by molar-refractivity contribution is -0.115. The standard InChI is InChI=1S/C25H26O2/c1-15(2)16(3)12-19-10-11-22(21-9-7-6-8-20(19)21)25(27)14-23-18(5)17(4)13-24(23)26/h6-11,17H,1,3,12-14H2,2,4-5H3. The van der Waals surface area contributed by atoms with Gasteiger partial charge in [0, 0.05) is 24.0 Å². The molecule has 0 N–H and O–H groups in total. The second-order valence-electron chi connectivity index (χ2n) is 7.67. The highest BCUT2D eigenvalue weighted by Crippen LogP contribution is 2.33. The third-order valence-corrected chi connectivity index (χ3v) is 5.70. The lowest BCUT2D eigenvalue weighted by Gasteiger charge is -2.13. The van der Waals surface area contributed by atoms with E-state index in [1.54, 1.807) is 0 Å². The van der Waals surface area contributed by atoms with E-state index in [0.717, 1.165) is 33.1 Å². The molecule has 27 heavy (non-hydrogen) atoms. The molecule has 0 saturated heterocycles. The summed E-state index contributed by atoms with van der Waals surface area (Å²) >= 11 is 0. The minimum absolute atomic E-state index is 0.00766. The molecule has 1 aliphatic rings. The number of hydrogen-bond donors (Lipinski definition) is 0. The number of benzene rings is 2. The Balaban J connectivity index is 1.99. The highest BCUT2D eigenvalue weighted by molar-refractivity contribution is 6.13. The van der Waals surface area contributed by atoms with Crippen LogP contribution in [0.15, 0.2) is 71.8 Å². The van der Waals surface area contributed by atoms with Crippen molar-refractivity contribution in [2.24, 2.45) is 5.92 Å². The number of allylic oxidation sites excluding steroid dienone is 4. The van der Waals surface area contributed by atoms with Gasteiger partial charge in [-0.25, -0.2) is 0 Å². The summed E-state index contributed by atoms with van der Waals surface area (Å²) in [5.41, 5.74) is 5.54. The predicted molar refractivity (Wildman–Crippen MR) is 112 cm³/mol. The average molecular weight is 358 g/mol. The van der Waals surface area contributed by atoms with Crippen molar-refractivity contribution >= 4 is 22.3 Å². The van der Waals surface area contributed by atoms with Crippen molar-refractivity contribution < 1.29 is 9.59 Å². The van der Waals surface area contributed by atoms with Crippen molar-refractivity contribution in [3.05, 3.63) is 83.0 Å². The monoisotopic (exact) mass is 358 g/mol. The maximum absolute atomic E-state index is 13.0. The predicted octanol–water partition coefficient (Wildman–Crippen LogP) is 6.01. The molecule has 0 saturated carbocycles. The van der Waals surface area contributed by atoms with Crippen LogP contribution in [-0.4, -0.2) is 11.6 Å². The average Bonchev–Trinajstić information content (AvgIpc) is 2.87. The van der Waals surface area contributed by atoms with Crippen molar-refractivity contribution in [1.29, 1.82) is 0 Å². The summed E-state index contributed by atoms with van der Waals surface area (Å²) in [6.07, 6.45) is 1.43. The fraction of sp³-hybridized carbons (Fsp3) is 0.280. The number of Topliss-reactive ketones (excluding diaryl/α,β-unsaturated/α-hetero) is 2. The van der Waals surface area contributed by atoms with Gasteiger partial charge in [-0.1, -0.05) is 67.6 Å². The van der Waals surface area contributed by atoms with E-state index in [-0.39, 0.29) is 23.9 Å². The third-order valence-electron chi connectivity index (χ3n) is 5.70. The van der Waals surface area contributed by atoms with E-state index in [2.05, 4.69) is 13.2 Å². The maximum atomic E-state index is 13.0. The zero-order valence-corrected chi connectivity index (χ0v) is 16.4. The molecule has 0 heterocycles. The molecule has 0 aromatic heterocycles. The first-order chi connectivity index (χ1) is 12.8. The molecule has 2 aromatic carbocycles. The second-order valence-corrected chi connectivity index (χ2v) is 7.67. The summed E-state index contributed by atoms with van der Waals surface area (Å²) in [5, 5.41) is 1.99. The van der Waals surface area contributed by atoms with Crippen LogP contribution in [0, 0.1) is 5.92 Å². The van der Waals surface area contributed by atoms with Gasteiger partial charge in [0.1, 0.15) is 0 Å². The highest BCUT2D eigenvalue weighted by atomic mass is 16.1. The van der Waals surface area contributed by atoms with Gasteiger partial charge in [-0.3, -0.25) is 9.59 Å². The van der Waals surface area contributed by atoms with Gasteiger partial charge in [0.05, 0.1) is 0 Å². The van der Waals surface area contributed by atoms with Crippen LogP contribution in [-0.2, 0) is 11.2 Å². The van der Waals surface area contributed by atoms with Gasteiger partial charge in [-0.05, 0) is 48.1 Å². The Morgan fingerprint density at radius 1 is 1.07 bits per heavy atom. The molecular formula is C25H26O2. The van der Waals surface area contributed by atoms with Crippen LogP contribution in [0.25, 0.3) is 10.8 Å². The maximum Gasteiger partial charge on any atom is 0.167 e. The molecule has 0 amide bonds. The summed E-state index contributed by atoms with van der Waals surface area (Å²) < 4.78 is 0. The number of hydrogen-bond acceptors (Lipinski definition) is 2. The fourth-order valence-electron chi connectivity index (χ4n) is 3.71. The zero-order chi connectivity index (χ0) is 19.7. The summed E-state index contributed by atoms with van der Waals surface area (Å²) in [7, 11) is 0. The Morgan fingerprint density at radius 3 is 2.33 bits per heavy atom. The summed E-state index contributed by atoms with van der Waals surface area (Å²) in [5.74, 6) is 0.368. The Bertz CT molecular complexity index is 1000. The molecule has 1 atom stereocenters. The molecule has 138 valence electrons. The largest absolute Gasteiger partial charge is 0.295 e. The summed E-state index contributed by atoms with van der Waals surface area (Å²) in [6.45, 7) is 14.0. The van der Waals surface area contributed by atoms with Crippen LogP contribution in [0.4, 0.5) is 0 Å². The van der Waals surface area contributed by atoms with Crippen molar-refractivity contribution in [2.45, 2.75) is 40.0 Å². The van der Waals surface area contributed by atoms with E-state index in [1.165, 1.54) is 0 Å². The number of fused-ring (bicyclic) bond motifs is 1. The Kier molecular flexibility index (Phi) is 5.27. The van der Waals surface area contributed by atoms with E-state index in [0.29, 0.717) is 24.0 Å². The molecule has 0 aliphatic heterocycles. The first kappa shape index (κ1) is 19.0. The van der Waals surface area contributed by atoms with Gasteiger partial charge in [0.25, 0.3) is 0 Å². The first-order valence-corrected chi connectivity index (χ1v) is 9.40. The molecule has 0 bridgehead atoms. The van der Waals surface area contributed by atoms with Crippen LogP contribution in [0.1, 0.15) is 49.5 Å². The molecule has 1 aliphatic carbocycles. The normalized spacial score (nSPS) is 16.9. The SMILES string of the molecule is C=C(C)C(=C)Cc1ccc(C(=O)CC2=C(C)C(C)CC2=O)c2ccccc12. The molecule has 2 heteroatoms. The fourth-order valence-corrected chi connectivity index (χ4v) is 3.71. The molecule has 0 spiro atoms. The molecule has 0 radical (unpaired) electrons. The summed E-state index contributed by atoms with van der Waals surface area (Å²) in [4.78, 5) is 25.3. The zero-order valence-electron chi connectivity index (χ0n) is 16.4. The van der Waals surface area contributed by atoms with E-state index in [4.69, 9.17) is 0 Å². The quantitative estimate of drug-likeness (QED) is 0.468. The van der Waals surface area contributed by atoms with Crippen molar-refractivity contribution in [3.63, 3.8) is 0 Å². The molecule has 1 unspecified atom stereocenters. The highest BCUT2D eigenvalue weighted by Gasteiger charge is 2.28. The minimum atomic E-state index is 0.00766. The molecule has 0 fully saturated rings. The van der Waals surface area contributed by atoms with Gasteiger partial charge in [-0.15, -0.1) is 0 Å². The van der Waals surface area contributed by atoms with Crippen LogP contribution >= 0.6 is 0 Å². The van der Waals surface area contributed by atoms with Gasteiger partial charge in [-0.2, -0.15) is 0 Å². The second kappa shape index (κ2) is 7.48. The number of carbonyl (C=O) groups is 2. The van der Waals surface area contributed by atoms with Gasteiger partial charge in [0.2, 0.25) is 0 Å². The van der Waals surface area contributed by atoms with Gasteiger partial charge < -0.3 is 0 Å². The minimum Gasteiger partial charge on any atom is -0.295 e. The van der Waals surface area contributed by atoms with Gasteiger partial charge >= 0.3 is 0 Å². The third kappa shape index (κ3) is 3.71. The molecule has 3 rings (SSSR count). The number of rotatable bonds is 6. The van der Waals surface area contributed by atoms with Crippen LogP contribution in [0.5, 0.6) is 0 Å². The first-order valence-electron chi connectivity index (χ1n) is 9.40. The van der Waals surface area contributed by atoms with Crippen molar-refractivity contribution in [2.75, 3.05) is 0 Å². The van der Waals surface area contributed by atoms with E-state index >= 15 is 0 Å². The van der Waals surface area contributed by atoms with E-state index < -0.39 is 0 Å². The molecule has 2 nitrogen and oxygen atoms in total. The lowest BCUT2D eigenvalue weighted by atomic mass is 9.91. The topological polar surface area (TPSA) is 34.1 Å². The number of carbonyl (C=O) groups excluding carboxylic acids is 2. The van der Waals surface area contributed by atoms with Crippen LogP contribution in [0.2, 0.25) is 0 Å². The molecule has 2 aromatic rings. The van der Waals surface area contributed by atoms with Crippen molar-refractivity contribution in [3.8, 4) is 0 Å². The van der Waals surface area contributed by atoms with Crippen LogP contribution < -0.4 is 0 Å². The van der Waals surface area contributed by atoms with E-state index in [1.807, 2.05) is 57.2 Å².